The van der Waals surface area contributed by atoms with Crippen LogP contribution in [0, 0.1) is 47.3 Å². The monoisotopic (exact) mass is 1270 g/mol. The SMILES string of the molecule is CCCCC[C@@H](CC[C@@H]1[C@H]2Cc3cccc(OCC(=O)OCc4ccccc4)c3C[C@H]2C[C@H]1C)OC(=O)COCc1ccccc1.CCCCC[C@H](O)CC[C@@H]1[C@H]2Cc3cccc(OCC(=O)OCc4ccccc4)c3C[C@H]2C[C@H]1C.O=C(O)COCc1ccccc1. The average Bonchev–Trinajstić information content (AvgIpc) is 1.71. The van der Waals surface area contributed by atoms with Crippen LogP contribution in [0.1, 0.15) is 162 Å². The van der Waals surface area contributed by atoms with Gasteiger partial charge < -0.3 is 43.4 Å². The minimum Gasteiger partial charge on any atom is -0.482 e. The Hall–Kier alpha value is -7.32. The summed E-state index contributed by atoms with van der Waals surface area (Å²) < 4.78 is 39.4. The van der Waals surface area contributed by atoms with Crippen molar-refractivity contribution < 1.29 is 62.5 Å². The van der Waals surface area contributed by atoms with E-state index in [1.54, 1.807) is 0 Å². The molecule has 0 bridgehead atoms. The van der Waals surface area contributed by atoms with Gasteiger partial charge in [-0.2, -0.15) is 0 Å². The number of aliphatic hydroxyl groups excluding tert-OH is 1. The van der Waals surface area contributed by atoms with Crippen LogP contribution in [0.15, 0.2) is 158 Å². The van der Waals surface area contributed by atoms with E-state index in [0.717, 1.165) is 124 Å². The van der Waals surface area contributed by atoms with Crippen LogP contribution in [0.4, 0.5) is 0 Å². The Morgan fingerprint density at radius 2 is 0.871 bits per heavy atom. The van der Waals surface area contributed by atoms with E-state index in [4.69, 9.17) is 38.3 Å². The highest BCUT2D eigenvalue weighted by Crippen LogP contribution is 2.52. The summed E-state index contributed by atoms with van der Waals surface area (Å²) in [6.45, 7) is 10.1. The zero-order chi connectivity index (χ0) is 65.6. The third kappa shape index (κ3) is 23.6. The standard InChI is InChI=1S/C40H50O6.C31H42O4.C9H10O3/c1-3-4-7-18-34(46-40(42)27-43-25-30-13-8-5-9-14-30)20-21-35-29(2)22-33-24-37-32(23-36(33)35)17-12-19-38(37)44-28-39(41)45-26-31-15-10-6-11-16-31;1-3-4-6-13-26(32)15-16-27-22(2)17-25-19-29-24(18-28(25)27)12-9-14-30(29)34-21-31(33)35-20-23-10-7-5-8-11-23;10-9(11)7-12-6-8-4-2-1-3-5-8/h5-6,8-17,19,29,33-36H,3-4,7,18,20-28H2,1-2H3;5,7-12,14,22,25-28,32H,3-4,6,13,15-21H2,1-2H3;1-5H,6-7H2,(H,10,11)/t29-,33-,34+,35+,36+;22-,25-,26+,27+,28+;/m11./s1. The number of carboxylic acid groups (broad SMARTS) is 1. The molecular weight excluding hydrogens is 1170 g/mol. The molecule has 4 aliphatic rings. The molecule has 10 rings (SSSR count). The molecule has 0 radical (unpaired) electrons. The van der Waals surface area contributed by atoms with Crippen LogP contribution in [0.2, 0.25) is 0 Å². The van der Waals surface area contributed by atoms with Crippen molar-refractivity contribution in [3.8, 4) is 11.5 Å². The predicted octanol–water partition coefficient (Wildman–Crippen LogP) is 16.1. The minimum absolute atomic E-state index is 0.0182. The fourth-order valence-corrected chi connectivity index (χ4v) is 14.8. The average molecular weight is 1270 g/mol. The molecule has 93 heavy (non-hydrogen) atoms. The Balaban J connectivity index is 0.000000207. The number of carbonyl (C=O) groups excluding carboxylic acids is 3. The number of unbranched alkanes of at least 4 members (excludes halogenated alkanes) is 4. The third-order valence-electron chi connectivity index (χ3n) is 19.5. The number of fused-ring (bicyclic) bond motifs is 4. The largest absolute Gasteiger partial charge is 0.482 e. The second kappa shape index (κ2) is 38.8. The molecule has 13 nitrogen and oxygen atoms in total. The zero-order valence-electron chi connectivity index (χ0n) is 55.6. The molecule has 0 aliphatic heterocycles. The van der Waals surface area contributed by atoms with Gasteiger partial charge in [-0.25, -0.2) is 19.2 Å². The van der Waals surface area contributed by atoms with Crippen LogP contribution in [0.5, 0.6) is 11.5 Å². The second-order valence-corrected chi connectivity index (χ2v) is 26.3. The molecule has 2 saturated carbocycles. The van der Waals surface area contributed by atoms with Gasteiger partial charge in [0.2, 0.25) is 0 Å². The molecule has 6 aromatic rings. The van der Waals surface area contributed by atoms with E-state index in [0.29, 0.717) is 60.6 Å². The lowest BCUT2D eigenvalue weighted by molar-refractivity contribution is -0.156. The number of benzene rings is 6. The van der Waals surface area contributed by atoms with Crippen molar-refractivity contribution in [2.45, 2.75) is 182 Å². The van der Waals surface area contributed by atoms with Crippen molar-refractivity contribution in [2.75, 3.05) is 26.4 Å². The minimum atomic E-state index is -0.939. The number of esters is 3. The summed E-state index contributed by atoms with van der Waals surface area (Å²) in [5.41, 5.74) is 9.18. The van der Waals surface area contributed by atoms with Crippen LogP contribution in [0.25, 0.3) is 0 Å². The molecule has 0 heterocycles. The van der Waals surface area contributed by atoms with Gasteiger partial charge in [-0.3, -0.25) is 0 Å². The molecule has 0 spiro atoms. The van der Waals surface area contributed by atoms with Gasteiger partial charge >= 0.3 is 23.9 Å². The quantitative estimate of drug-likeness (QED) is 0.0227. The van der Waals surface area contributed by atoms with Crippen LogP contribution in [-0.2, 0) is 95.0 Å². The molecule has 4 aliphatic carbocycles. The molecule has 13 heteroatoms. The molecule has 500 valence electrons. The normalized spacial score (nSPS) is 20.5. The zero-order valence-corrected chi connectivity index (χ0v) is 55.6. The van der Waals surface area contributed by atoms with E-state index >= 15 is 0 Å². The van der Waals surface area contributed by atoms with Gasteiger partial charge in [0.25, 0.3) is 0 Å². The Bertz CT molecular complexity index is 3160. The number of aliphatic hydroxyl groups is 1. The van der Waals surface area contributed by atoms with Gasteiger partial charge in [0, 0.05) is 0 Å². The first-order chi connectivity index (χ1) is 45.3. The maximum absolute atomic E-state index is 12.7. The van der Waals surface area contributed by atoms with E-state index in [1.165, 1.54) is 47.9 Å². The number of hydrogen-bond donors (Lipinski definition) is 2. The van der Waals surface area contributed by atoms with E-state index < -0.39 is 5.97 Å². The molecular formula is C80H102O13. The number of carboxylic acids is 1. The van der Waals surface area contributed by atoms with E-state index in [9.17, 15) is 24.3 Å². The van der Waals surface area contributed by atoms with Crippen LogP contribution < -0.4 is 9.47 Å². The number of hydrogen-bond acceptors (Lipinski definition) is 12. The first-order valence-electron chi connectivity index (χ1n) is 34.5. The van der Waals surface area contributed by atoms with Crippen molar-refractivity contribution in [2.24, 2.45) is 47.3 Å². The maximum Gasteiger partial charge on any atom is 0.344 e. The lowest BCUT2D eigenvalue weighted by Crippen LogP contribution is -2.28. The van der Waals surface area contributed by atoms with Crippen LogP contribution in [0.3, 0.4) is 0 Å². The Kier molecular flexibility index (Phi) is 29.8. The van der Waals surface area contributed by atoms with Gasteiger partial charge in [-0.15, -0.1) is 0 Å². The summed E-state index contributed by atoms with van der Waals surface area (Å²) in [5, 5.41) is 18.7. The highest BCUT2D eigenvalue weighted by molar-refractivity contribution is 5.72. The van der Waals surface area contributed by atoms with Gasteiger partial charge in [-0.05, 0) is 187 Å². The summed E-state index contributed by atoms with van der Waals surface area (Å²) in [4.78, 5) is 47.5. The number of aliphatic carboxylic acids is 1. The Morgan fingerprint density at radius 1 is 0.452 bits per heavy atom. The Labute approximate surface area is 553 Å². The fourth-order valence-electron chi connectivity index (χ4n) is 14.8. The topological polar surface area (TPSA) is 173 Å². The molecule has 0 unspecified atom stereocenters. The first-order valence-corrected chi connectivity index (χ1v) is 34.5. The van der Waals surface area contributed by atoms with Crippen molar-refractivity contribution in [1.29, 1.82) is 0 Å². The number of ether oxygens (including phenoxy) is 7. The van der Waals surface area contributed by atoms with Gasteiger partial charge in [0.1, 0.15) is 44.0 Å². The highest BCUT2D eigenvalue weighted by atomic mass is 16.6. The lowest BCUT2D eigenvalue weighted by Gasteiger charge is -2.33. The summed E-state index contributed by atoms with van der Waals surface area (Å²) in [6, 6.07) is 51.3. The van der Waals surface area contributed by atoms with Crippen LogP contribution >= 0.6 is 0 Å². The van der Waals surface area contributed by atoms with E-state index in [-0.39, 0.29) is 69.8 Å². The van der Waals surface area contributed by atoms with Crippen molar-refractivity contribution in [1.82, 2.24) is 0 Å². The smallest absolute Gasteiger partial charge is 0.344 e. The maximum atomic E-state index is 12.7. The number of rotatable bonds is 33. The molecule has 0 saturated heterocycles. The fraction of sp³-hybridized carbons (Fsp3) is 0.500. The molecule has 0 aromatic heterocycles. The van der Waals surface area contributed by atoms with Crippen molar-refractivity contribution in [3.63, 3.8) is 0 Å². The molecule has 10 atom stereocenters. The summed E-state index contributed by atoms with van der Waals surface area (Å²) in [7, 11) is 0. The third-order valence-corrected chi connectivity index (χ3v) is 19.5. The predicted molar refractivity (Wildman–Crippen MR) is 362 cm³/mol. The second-order valence-electron chi connectivity index (χ2n) is 26.3. The number of carbonyl (C=O) groups is 4. The Morgan fingerprint density at radius 3 is 1.31 bits per heavy atom. The molecule has 2 fully saturated rings. The highest BCUT2D eigenvalue weighted by Gasteiger charge is 2.45. The molecule has 2 N–H and O–H groups in total. The summed E-state index contributed by atoms with van der Waals surface area (Å²) in [6.07, 6.45) is 19.1. The van der Waals surface area contributed by atoms with E-state index in [1.807, 2.05) is 140 Å². The summed E-state index contributed by atoms with van der Waals surface area (Å²) in [5.74, 6) is 4.87. The van der Waals surface area contributed by atoms with Gasteiger partial charge in [-0.1, -0.05) is 205 Å². The van der Waals surface area contributed by atoms with E-state index in [2.05, 4.69) is 45.9 Å². The summed E-state index contributed by atoms with van der Waals surface area (Å²) >= 11 is 0. The van der Waals surface area contributed by atoms with Crippen molar-refractivity contribution >= 4 is 23.9 Å². The first kappa shape index (κ1) is 71.5. The molecule has 0 amide bonds. The van der Waals surface area contributed by atoms with Gasteiger partial charge in [0.05, 0.1) is 19.3 Å². The van der Waals surface area contributed by atoms with Gasteiger partial charge in [0.15, 0.2) is 13.2 Å². The molecule has 6 aromatic carbocycles. The van der Waals surface area contributed by atoms with Crippen molar-refractivity contribution in [3.05, 3.63) is 202 Å². The van der Waals surface area contributed by atoms with Crippen LogP contribution in [-0.4, -0.2) is 72.7 Å². The lowest BCUT2D eigenvalue weighted by atomic mass is 9.73.